The van der Waals surface area contributed by atoms with Crippen LogP contribution >= 0.6 is 0 Å². The summed E-state index contributed by atoms with van der Waals surface area (Å²) in [5.41, 5.74) is 6.25. The molecule has 4 nitrogen and oxygen atoms in total. The molecule has 106 valence electrons. The highest BCUT2D eigenvalue weighted by atomic mass is 32.2. The van der Waals surface area contributed by atoms with Crippen LogP contribution in [0.15, 0.2) is 0 Å². The maximum Gasteiger partial charge on any atom is 0.150 e. The van der Waals surface area contributed by atoms with E-state index in [1.807, 2.05) is 0 Å². The normalized spacial score (nSPS) is 33.4. The van der Waals surface area contributed by atoms with Crippen LogP contribution in [0, 0.1) is 5.92 Å². The molecule has 2 N–H and O–H groups in total. The van der Waals surface area contributed by atoms with E-state index in [2.05, 4.69) is 18.7 Å². The van der Waals surface area contributed by atoms with Crippen LogP contribution < -0.4 is 5.73 Å². The van der Waals surface area contributed by atoms with Gasteiger partial charge in [0.1, 0.15) is 9.84 Å². The fourth-order valence-corrected chi connectivity index (χ4v) is 4.34. The Morgan fingerprint density at radius 1 is 1.28 bits per heavy atom. The van der Waals surface area contributed by atoms with Crippen LogP contribution in [0.25, 0.3) is 0 Å². The van der Waals surface area contributed by atoms with Crippen molar-refractivity contribution in [2.45, 2.75) is 56.4 Å². The molecular formula is C13H26N2O2S. The number of hydrogen-bond donors (Lipinski definition) is 1. The van der Waals surface area contributed by atoms with Crippen LogP contribution in [0.1, 0.15) is 39.5 Å². The zero-order chi connectivity index (χ0) is 13.6. The van der Waals surface area contributed by atoms with Crippen molar-refractivity contribution in [3.05, 3.63) is 0 Å². The Labute approximate surface area is 111 Å². The third-order valence-electron chi connectivity index (χ3n) is 4.87. The Kier molecular flexibility index (Phi) is 3.78. The Morgan fingerprint density at radius 2 is 1.89 bits per heavy atom. The van der Waals surface area contributed by atoms with E-state index in [1.54, 1.807) is 0 Å². The lowest BCUT2D eigenvalue weighted by molar-refractivity contribution is -0.00855. The van der Waals surface area contributed by atoms with Crippen LogP contribution in [0.2, 0.25) is 0 Å². The van der Waals surface area contributed by atoms with Gasteiger partial charge in [0.25, 0.3) is 0 Å². The second-order valence-corrected chi connectivity index (χ2v) is 8.89. The van der Waals surface area contributed by atoms with Crippen molar-refractivity contribution < 1.29 is 8.42 Å². The molecule has 0 spiro atoms. The predicted octanol–water partition coefficient (Wildman–Crippen LogP) is 1.01. The van der Waals surface area contributed by atoms with Gasteiger partial charge in [0, 0.05) is 30.9 Å². The number of nitrogens with two attached hydrogens (primary N) is 1. The molecule has 2 fully saturated rings. The van der Waals surface area contributed by atoms with Gasteiger partial charge in [0.05, 0.1) is 5.25 Å². The summed E-state index contributed by atoms with van der Waals surface area (Å²) in [6.45, 7) is 6.17. The summed E-state index contributed by atoms with van der Waals surface area (Å²) in [7, 11) is -2.88. The average molecular weight is 274 g/mol. The highest BCUT2D eigenvalue weighted by Gasteiger charge is 2.45. The van der Waals surface area contributed by atoms with Crippen molar-refractivity contribution in [3.63, 3.8) is 0 Å². The van der Waals surface area contributed by atoms with Gasteiger partial charge >= 0.3 is 0 Å². The smallest absolute Gasteiger partial charge is 0.150 e. The van der Waals surface area contributed by atoms with Crippen LogP contribution in [-0.2, 0) is 9.84 Å². The van der Waals surface area contributed by atoms with Crippen molar-refractivity contribution in [2.24, 2.45) is 11.7 Å². The van der Waals surface area contributed by atoms with Crippen molar-refractivity contribution >= 4 is 9.84 Å². The van der Waals surface area contributed by atoms with Crippen LogP contribution in [0.3, 0.4) is 0 Å². The highest BCUT2D eigenvalue weighted by Crippen LogP contribution is 2.34. The maximum atomic E-state index is 11.7. The predicted molar refractivity (Wildman–Crippen MR) is 74.2 cm³/mol. The third-order valence-corrected chi connectivity index (χ3v) is 6.50. The van der Waals surface area contributed by atoms with Crippen molar-refractivity contribution in [3.8, 4) is 0 Å². The Hall–Kier alpha value is -0.130. The molecular weight excluding hydrogens is 248 g/mol. The summed E-state index contributed by atoms with van der Waals surface area (Å²) in [5, 5.41) is -0.136. The molecule has 2 rings (SSSR count). The lowest BCUT2D eigenvalue weighted by Crippen LogP contribution is -2.72. The molecule has 1 saturated heterocycles. The highest BCUT2D eigenvalue weighted by molar-refractivity contribution is 7.91. The fraction of sp³-hybridized carbons (Fsp3) is 1.00. The minimum atomic E-state index is -2.88. The monoisotopic (exact) mass is 274 g/mol. The molecule has 0 bridgehead atoms. The summed E-state index contributed by atoms with van der Waals surface area (Å²) < 4.78 is 23.3. The topological polar surface area (TPSA) is 63.4 Å². The number of hydrogen-bond acceptors (Lipinski definition) is 4. The molecule has 1 aliphatic carbocycles. The Balaban J connectivity index is 1.93. The molecule has 1 saturated carbocycles. The molecule has 0 aromatic rings. The van der Waals surface area contributed by atoms with Gasteiger partial charge in [-0.25, -0.2) is 8.42 Å². The molecule has 2 unspecified atom stereocenters. The quantitative estimate of drug-likeness (QED) is 0.834. The van der Waals surface area contributed by atoms with Crippen molar-refractivity contribution in [1.29, 1.82) is 0 Å². The largest absolute Gasteiger partial charge is 0.323 e. The number of sulfone groups is 1. The maximum absolute atomic E-state index is 11.7. The van der Waals surface area contributed by atoms with E-state index in [4.69, 9.17) is 5.73 Å². The van der Waals surface area contributed by atoms with Gasteiger partial charge in [0.2, 0.25) is 0 Å². The van der Waals surface area contributed by atoms with E-state index >= 15 is 0 Å². The molecule has 5 heteroatoms. The van der Waals surface area contributed by atoms with E-state index in [9.17, 15) is 8.42 Å². The molecule has 1 aliphatic heterocycles. The minimum Gasteiger partial charge on any atom is -0.323 e. The van der Waals surface area contributed by atoms with Gasteiger partial charge < -0.3 is 5.73 Å². The molecule has 0 aromatic carbocycles. The van der Waals surface area contributed by atoms with E-state index < -0.39 is 9.84 Å². The standard InChI is InChI=1S/C13H26N2O2S/c1-10(2)13(14)8-15(9-13)11-5-4-6-12(7-11)18(3,16)17/h10-12H,4-9,14H2,1-3H3. The minimum absolute atomic E-state index is 0.0575. The molecule has 18 heavy (non-hydrogen) atoms. The second kappa shape index (κ2) is 4.76. The Bertz CT molecular complexity index is 399. The van der Waals surface area contributed by atoms with Crippen LogP contribution in [0.5, 0.6) is 0 Å². The van der Waals surface area contributed by atoms with Crippen LogP contribution in [0.4, 0.5) is 0 Å². The first kappa shape index (κ1) is 14.3. The lowest BCUT2D eigenvalue weighted by atomic mass is 9.78. The van der Waals surface area contributed by atoms with E-state index in [-0.39, 0.29) is 10.8 Å². The first-order valence-electron chi connectivity index (χ1n) is 6.94. The molecule has 1 heterocycles. The van der Waals surface area contributed by atoms with E-state index in [0.29, 0.717) is 12.0 Å². The second-order valence-electron chi connectivity index (χ2n) is 6.56. The fourth-order valence-electron chi connectivity index (χ4n) is 3.17. The van der Waals surface area contributed by atoms with Gasteiger partial charge in [-0.15, -0.1) is 0 Å². The van der Waals surface area contributed by atoms with E-state index in [0.717, 1.165) is 38.8 Å². The molecule has 0 amide bonds. The molecule has 2 aliphatic rings. The third kappa shape index (κ3) is 2.73. The number of nitrogens with zero attached hydrogens (tertiary/aromatic N) is 1. The summed E-state index contributed by atoms with van der Waals surface area (Å²) in [5.74, 6) is 0.489. The van der Waals surface area contributed by atoms with E-state index in [1.165, 1.54) is 6.26 Å². The lowest BCUT2D eigenvalue weighted by Gasteiger charge is -2.54. The first-order chi connectivity index (χ1) is 8.22. The molecule has 2 atom stereocenters. The Morgan fingerprint density at radius 3 is 2.39 bits per heavy atom. The number of rotatable bonds is 3. The zero-order valence-corrected chi connectivity index (χ0v) is 12.5. The van der Waals surface area contributed by atoms with Gasteiger partial charge in [-0.1, -0.05) is 20.3 Å². The summed E-state index contributed by atoms with van der Waals surface area (Å²) in [6.07, 6.45) is 5.16. The molecule has 0 radical (unpaired) electrons. The van der Waals surface area contributed by atoms with Gasteiger partial charge in [-0.2, -0.15) is 0 Å². The van der Waals surface area contributed by atoms with Crippen molar-refractivity contribution in [2.75, 3.05) is 19.3 Å². The summed E-state index contributed by atoms with van der Waals surface area (Å²) in [4.78, 5) is 2.39. The van der Waals surface area contributed by atoms with Crippen LogP contribution in [-0.4, -0.2) is 49.5 Å². The van der Waals surface area contributed by atoms with Gasteiger partial charge in [0.15, 0.2) is 0 Å². The van der Waals surface area contributed by atoms with Gasteiger partial charge in [-0.05, 0) is 25.2 Å². The SMILES string of the molecule is CC(C)C1(N)CN(C2CCCC(S(C)(=O)=O)C2)C1. The number of likely N-dealkylation sites (tertiary alicyclic amines) is 1. The van der Waals surface area contributed by atoms with Crippen molar-refractivity contribution in [1.82, 2.24) is 4.90 Å². The molecule has 0 aromatic heterocycles. The first-order valence-corrected chi connectivity index (χ1v) is 8.89. The van der Waals surface area contributed by atoms with Gasteiger partial charge in [-0.3, -0.25) is 4.90 Å². The average Bonchev–Trinajstić information content (AvgIpc) is 2.23. The zero-order valence-electron chi connectivity index (χ0n) is 11.7. The summed E-state index contributed by atoms with van der Waals surface area (Å²) >= 11 is 0. The summed E-state index contributed by atoms with van der Waals surface area (Å²) in [6, 6.07) is 0.425.